The zero-order valence-corrected chi connectivity index (χ0v) is 19.8. The Kier molecular flexibility index (Phi) is 8.32. The van der Waals surface area contributed by atoms with Gasteiger partial charge in [0, 0.05) is 12.6 Å². The molecule has 1 aliphatic rings. The largest absolute Gasteiger partial charge is 0.483 e. The van der Waals surface area contributed by atoms with Crippen LogP contribution in [0.3, 0.4) is 0 Å². The van der Waals surface area contributed by atoms with Crippen molar-refractivity contribution < 1.29 is 14.3 Å². The molecule has 0 bridgehead atoms. The van der Waals surface area contributed by atoms with Crippen molar-refractivity contribution in [3.63, 3.8) is 0 Å². The number of hydrogen-bond acceptors (Lipinski definition) is 3. The highest BCUT2D eigenvalue weighted by molar-refractivity contribution is 5.88. The molecule has 0 heterocycles. The van der Waals surface area contributed by atoms with Crippen molar-refractivity contribution in [2.45, 2.75) is 78.4 Å². The Hall–Kier alpha value is -2.82. The van der Waals surface area contributed by atoms with E-state index in [-0.39, 0.29) is 24.5 Å². The van der Waals surface area contributed by atoms with E-state index in [1.807, 2.05) is 70.2 Å². The fourth-order valence-electron chi connectivity index (χ4n) is 4.31. The first-order valence-electron chi connectivity index (χ1n) is 11.7. The predicted octanol–water partition coefficient (Wildman–Crippen LogP) is 4.86. The van der Waals surface area contributed by atoms with Crippen LogP contribution in [0.1, 0.15) is 61.3 Å². The van der Waals surface area contributed by atoms with Crippen molar-refractivity contribution in [2.75, 3.05) is 6.61 Å². The van der Waals surface area contributed by atoms with Crippen LogP contribution in [0.2, 0.25) is 0 Å². The molecule has 0 aromatic heterocycles. The minimum absolute atomic E-state index is 0.0923. The number of amides is 2. The molecule has 2 aromatic rings. The third kappa shape index (κ3) is 6.35. The molecule has 1 fully saturated rings. The maximum atomic E-state index is 13.3. The van der Waals surface area contributed by atoms with Crippen LogP contribution in [0.4, 0.5) is 0 Å². The third-order valence-corrected chi connectivity index (χ3v) is 6.40. The van der Waals surface area contributed by atoms with E-state index in [1.54, 1.807) is 4.90 Å². The van der Waals surface area contributed by atoms with Crippen LogP contribution in [-0.4, -0.2) is 35.4 Å². The van der Waals surface area contributed by atoms with Crippen LogP contribution >= 0.6 is 0 Å². The summed E-state index contributed by atoms with van der Waals surface area (Å²) in [6.07, 6.45) is 5.56. The number of nitrogens with one attached hydrogen (secondary N) is 1. The number of carbonyl (C=O) groups is 2. The van der Waals surface area contributed by atoms with E-state index in [1.165, 1.54) is 6.42 Å². The van der Waals surface area contributed by atoms with Gasteiger partial charge in [-0.25, -0.2) is 0 Å². The van der Waals surface area contributed by atoms with Gasteiger partial charge in [-0.15, -0.1) is 0 Å². The Morgan fingerprint density at radius 1 is 1.03 bits per heavy atom. The summed E-state index contributed by atoms with van der Waals surface area (Å²) in [7, 11) is 0. The smallest absolute Gasteiger partial charge is 0.261 e. The summed E-state index contributed by atoms with van der Waals surface area (Å²) >= 11 is 0. The average Bonchev–Trinajstić information content (AvgIpc) is 2.78. The van der Waals surface area contributed by atoms with Crippen molar-refractivity contribution in [1.82, 2.24) is 10.2 Å². The normalized spacial score (nSPS) is 15.1. The molecule has 0 radical (unpaired) electrons. The molecule has 1 aliphatic carbocycles. The summed E-state index contributed by atoms with van der Waals surface area (Å²) in [5, 5.41) is 3.17. The number of aryl methyl sites for hydroxylation is 3. The van der Waals surface area contributed by atoms with E-state index in [0.29, 0.717) is 12.3 Å². The Morgan fingerprint density at radius 2 is 1.75 bits per heavy atom. The Bertz CT molecular complexity index is 934. The van der Waals surface area contributed by atoms with Crippen LogP contribution in [0, 0.1) is 20.8 Å². The second kappa shape index (κ2) is 11.2. The Morgan fingerprint density at radius 3 is 2.44 bits per heavy atom. The lowest BCUT2D eigenvalue weighted by Crippen LogP contribution is -2.51. The second-order valence-electron chi connectivity index (χ2n) is 9.03. The molecule has 1 unspecified atom stereocenters. The first kappa shape index (κ1) is 23.8. The highest BCUT2D eigenvalue weighted by Crippen LogP contribution is 2.21. The topological polar surface area (TPSA) is 58.6 Å². The van der Waals surface area contributed by atoms with Gasteiger partial charge in [0.2, 0.25) is 5.91 Å². The molecule has 1 saturated carbocycles. The molecule has 1 N–H and O–H groups in total. The van der Waals surface area contributed by atoms with Gasteiger partial charge < -0.3 is 15.0 Å². The lowest BCUT2D eigenvalue weighted by Gasteiger charge is -2.31. The van der Waals surface area contributed by atoms with Gasteiger partial charge in [-0.1, -0.05) is 61.2 Å². The van der Waals surface area contributed by atoms with Gasteiger partial charge in [-0.2, -0.15) is 0 Å². The molecule has 0 aliphatic heterocycles. The van der Waals surface area contributed by atoms with Crippen LogP contribution < -0.4 is 10.1 Å². The number of nitrogens with zero attached hydrogens (tertiary/aromatic N) is 1. The van der Waals surface area contributed by atoms with Gasteiger partial charge in [0.25, 0.3) is 5.91 Å². The Balaban J connectivity index is 1.73. The fourth-order valence-corrected chi connectivity index (χ4v) is 4.31. The molecule has 3 rings (SSSR count). The molecular weight excluding hydrogens is 400 g/mol. The summed E-state index contributed by atoms with van der Waals surface area (Å²) in [6.45, 7) is 8.11. The van der Waals surface area contributed by atoms with Gasteiger partial charge in [0.15, 0.2) is 6.61 Å². The number of benzene rings is 2. The van der Waals surface area contributed by atoms with Crippen LogP contribution in [0.25, 0.3) is 0 Å². The highest BCUT2D eigenvalue weighted by atomic mass is 16.5. The first-order valence-corrected chi connectivity index (χ1v) is 11.7. The molecular formula is C27H36N2O3. The average molecular weight is 437 g/mol. The zero-order chi connectivity index (χ0) is 23.1. The van der Waals surface area contributed by atoms with Gasteiger partial charge in [0.1, 0.15) is 11.8 Å². The summed E-state index contributed by atoms with van der Waals surface area (Å²) in [4.78, 5) is 28.0. The molecule has 2 aromatic carbocycles. The fraction of sp³-hybridized carbons (Fsp3) is 0.481. The third-order valence-electron chi connectivity index (χ3n) is 6.40. The van der Waals surface area contributed by atoms with E-state index in [9.17, 15) is 9.59 Å². The van der Waals surface area contributed by atoms with Crippen molar-refractivity contribution in [2.24, 2.45) is 0 Å². The number of rotatable bonds is 8. The van der Waals surface area contributed by atoms with Crippen LogP contribution in [0.5, 0.6) is 5.75 Å². The highest BCUT2D eigenvalue weighted by Gasteiger charge is 2.28. The summed E-state index contributed by atoms with van der Waals surface area (Å²) in [6, 6.07) is 13.5. The maximum absolute atomic E-state index is 13.3. The van der Waals surface area contributed by atoms with Crippen molar-refractivity contribution in [3.05, 3.63) is 64.7 Å². The molecule has 0 spiro atoms. The lowest BCUT2D eigenvalue weighted by molar-refractivity contribution is -0.142. The van der Waals surface area contributed by atoms with Crippen LogP contribution in [0.15, 0.2) is 42.5 Å². The quantitative estimate of drug-likeness (QED) is 0.643. The predicted molar refractivity (Wildman–Crippen MR) is 128 cm³/mol. The van der Waals surface area contributed by atoms with Gasteiger partial charge >= 0.3 is 0 Å². The molecule has 5 heteroatoms. The monoisotopic (exact) mass is 436 g/mol. The van der Waals surface area contributed by atoms with Crippen molar-refractivity contribution in [3.8, 4) is 5.75 Å². The van der Waals surface area contributed by atoms with Gasteiger partial charge in [-0.05, 0) is 63.3 Å². The number of hydrogen-bond donors (Lipinski definition) is 1. The van der Waals surface area contributed by atoms with E-state index in [2.05, 4.69) is 5.32 Å². The van der Waals surface area contributed by atoms with E-state index >= 15 is 0 Å². The summed E-state index contributed by atoms with van der Waals surface area (Å²) < 4.78 is 5.86. The summed E-state index contributed by atoms with van der Waals surface area (Å²) in [5.41, 5.74) is 4.27. The van der Waals surface area contributed by atoms with Crippen molar-refractivity contribution in [1.29, 1.82) is 0 Å². The standard InChI is InChI=1S/C27H36N2O3/c1-19-14-15-25(21(3)16-19)32-18-26(30)29(17-23-11-9-8-10-20(23)2)22(4)27(31)28-24-12-6-5-7-13-24/h8-11,14-16,22,24H,5-7,12-13,17-18H2,1-4H3,(H,28,31). The molecule has 5 nitrogen and oxygen atoms in total. The molecule has 0 saturated heterocycles. The van der Waals surface area contributed by atoms with E-state index in [0.717, 1.165) is 47.9 Å². The lowest BCUT2D eigenvalue weighted by atomic mass is 9.95. The maximum Gasteiger partial charge on any atom is 0.261 e. The second-order valence-corrected chi connectivity index (χ2v) is 9.03. The van der Waals surface area contributed by atoms with Gasteiger partial charge in [0.05, 0.1) is 0 Å². The minimum atomic E-state index is -0.577. The van der Waals surface area contributed by atoms with E-state index < -0.39 is 6.04 Å². The Labute approximate surface area is 192 Å². The molecule has 2 amide bonds. The first-order chi connectivity index (χ1) is 15.3. The van der Waals surface area contributed by atoms with Crippen LogP contribution in [-0.2, 0) is 16.1 Å². The minimum Gasteiger partial charge on any atom is -0.483 e. The SMILES string of the molecule is Cc1ccc(OCC(=O)N(Cc2ccccc2C)C(C)C(=O)NC2CCCCC2)c(C)c1. The number of carbonyl (C=O) groups excluding carboxylic acids is 2. The molecule has 32 heavy (non-hydrogen) atoms. The van der Waals surface area contributed by atoms with Gasteiger partial charge in [-0.3, -0.25) is 9.59 Å². The van der Waals surface area contributed by atoms with E-state index in [4.69, 9.17) is 4.74 Å². The molecule has 172 valence electrons. The summed E-state index contributed by atoms with van der Waals surface area (Å²) in [5.74, 6) is 0.406. The van der Waals surface area contributed by atoms with Crippen molar-refractivity contribution >= 4 is 11.8 Å². The molecule has 1 atom stereocenters. The zero-order valence-electron chi connectivity index (χ0n) is 19.8. The number of ether oxygens (including phenoxy) is 1.